The van der Waals surface area contributed by atoms with Gasteiger partial charge in [0.05, 0.1) is 17.4 Å². The van der Waals surface area contributed by atoms with E-state index in [0.29, 0.717) is 5.15 Å². The summed E-state index contributed by atoms with van der Waals surface area (Å²) in [5, 5.41) is 12.4. The smallest absolute Gasteiger partial charge is 0.132 e. The van der Waals surface area contributed by atoms with Crippen molar-refractivity contribution in [1.82, 2.24) is 10.2 Å². The summed E-state index contributed by atoms with van der Waals surface area (Å²) >= 11 is 6.00. The van der Waals surface area contributed by atoms with Gasteiger partial charge in [0.15, 0.2) is 0 Å². The molecule has 0 saturated heterocycles. The Balaban J connectivity index is 1.79. The van der Waals surface area contributed by atoms with Crippen LogP contribution in [-0.4, -0.2) is 16.4 Å². The van der Waals surface area contributed by atoms with E-state index in [4.69, 9.17) is 11.6 Å². The Hall–Kier alpha value is -2.33. The summed E-state index contributed by atoms with van der Waals surface area (Å²) in [7, 11) is 0. The monoisotopic (exact) mass is 270 g/mol. The van der Waals surface area contributed by atoms with Crippen LogP contribution in [0, 0.1) is 0 Å². The van der Waals surface area contributed by atoms with E-state index >= 15 is 0 Å². The molecule has 1 aromatic heterocycles. The highest BCUT2D eigenvalue weighted by atomic mass is 35.5. The first-order valence-corrected chi connectivity index (χ1v) is 6.18. The second-order valence-electron chi connectivity index (χ2n) is 4.05. The summed E-state index contributed by atoms with van der Waals surface area (Å²) in [6.45, 7) is 0. The summed E-state index contributed by atoms with van der Waals surface area (Å²) in [5.74, 6) is 0. The van der Waals surface area contributed by atoms with Crippen LogP contribution < -0.4 is 5.43 Å². The average Bonchev–Trinajstić information content (AvgIpc) is 2.82. The molecule has 0 atom stereocenters. The van der Waals surface area contributed by atoms with Gasteiger partial charge in [0.1, 0.15) is 5.15 Å². The summed E-state index contributed by atoms with van der Waals surface area (Å²) in [6, 6.07) is 15.6. The lowest BCUT2D eigenvalue weighted by molar-refractivity contribution is 1.12. The third kappa shape index (κ3) is 2.58. The van der Waals surface area contributed by atoms with E-state index in [2.05, 4.69) is 20.7 Å². The molecule has 1 heterocycles. The quantitative estimate of drug-likeness (QED) is 0.564. The first kappa shape index (κ1) is 11.7. The van der Waals surface area contributed by atoms with Crippen molar-refractivity contribution < 1.29 is 0 Å². The number of aromatic nitrogens is 2. The standard InChI is InChI=1S/C14H11ClN4/c15-14-12-8-10(6-7-13(12)18-19-14)9-16-17-11-4-2-1-3-5-11/h1-9,17H,(H,18,19). The third-order valence-corrected chi connectivity index (χ3v) is 3.00. The largest absolute Gasteiger partial charge is 0.279 e. The molecule has 0 unspecified atom stereocenters. The van der Waals surface area contributed by atoms with E-state index in [1.54, 1.807) is 6.21 Å². The minimum atomic E-state index is 0.543. The van der Waals surface area contributed by atoms with Gasteiger partial charge in [-0.15, -0.1) is 0 Å². The molecular formula is C14H11ClN4. The van der Waals surface area contributed by atoms with Gasteiger partial charge in [0, 0.05) is 5.39 Å². The Labute approximate surface area is 115 Å². The van der Waals surface area contributed by atoms with Crippen molar-refractivity contribution in [2.75, 3.05) is 5.43 Å². The fraction of sp³-hybridized carbons (Fsp3) is 0. The van der Waals surface area contributed by atoms with Crippen LogP contribution in [0.25, 0.3) is 10.9 Å². The number of hydrazone groups is 1. The number of rotatable bonds is 3. The first-order valence-electron chi connectivity index (χ1n) is 5.81. The predicted molar refractivity (Wildman–Crippen MR) is 78.8 cm³/mol. The van der Waals surface area contributed by atoms with Crippen molar-refractivity contribution >= 4 is 34.4 Å². The highest BCUT2D eigenvalue weighted by molar-refractivity contribution is 6.34. The number of anilines is 1. The number of fused-ring (bicyclic) bond motifs is 1. The van der Waals surface area contributed by atoms with Crippen LogP contribution in [0.2, 0.25) is 5.15 Å². The van der Waals surface area contributed by atoms with E-state index in [9.17, 15) is 0 Å². The van der Waals surface area contributed by atoms with Gasteiger partial charge < -0.3 is 0 Å². The molecule has 3 rings (SSSR count). The predicted octanol–water partition coefficient (Wildman–Crippen LogP) is 3.66. The summed E-state index contributed by atoms with van der Waals surface area (Å²) in [5.41, 5.74) is 5.71. The lowest BCUT2D eigenvalue weighted by Gasteiger charge is -1.98. The zero-order chi connectivity index (χ0) is 13.1. The molecule has 2 aromatic carbocycles. The van der Waals surface area contributed by atoms with Crippen molar-refractivity contribution in [2.24, 2.45) is 5.10 Å². The topological polar surface area (TPSA) is 53.1 Å². The zero-order valence-corrected chi connectivity index (χ0v) is 10.7. The molecule has 2 N–H and O–H groups in total. The summed E-state index contributed by atoms with van der Waals surface area (Å²) in [6.07, 6.45) is 1.75. The van der Waals surface area contributed by atoms with Gasteiger partial charge in [-0.25, -0.2) is 0 Å². The lowest BCUT2D eigenvalue weighted by Crippen LogP contribution is -1.89. The molecule has 0 aliphatic rings. The Kier molecular flexibility index (Phi) is 3.16. The van der Waals surface area contributed by atoms with Crippen LogP contribution in [0.1, 0.15) is 5.56 Å². The number of hydrogen-bond acceptors (Lipinski definition) is 3. The minimum Gasteiger partial charge on any atom is -0.279 e. The van der Waals surface area contributed by atoms with E-state index in [0.717, 1.165) is 22.2 Å². The first-order chi connectivity index (χ1) is 9.33. The maximum Gasteiger partial charge on any atom is 0.132 e. The second kappa shape index (κ2) is 5.12. The van der Waals surface area contributed by atoms with Crippen LogP contribution in [0.5, 0.6) is 0 Å². The fourth-order valence-electron chi connectivity index (χ4n) is 1.77. The zero-order valence-electron chi connectivity index (χ0n) is 9.97. The number of nitrogens with one attached hydrogen (secondary N) is 2. The van der Waals surface area contributed by atoms with Gasteiger partial charge in [-0.2, -0.15) is 10.2 Å². The Morgan fingerprint density at radius 1 is 1.16 bits per heavy atom. The highest BCUT2D eigenvalue weighted by Crippen LogP contribution is 2.20. The molecular weight excluding hydrogens is 260 g/mol. The van der Waals surface area contributed by atoms with Crippen molar-refractivity contribution in [1.29, 1.82) is 0 Å². The number of hydrogen-bond donors (Lipinski definition) is 2. The number of halogens is 1. The van der Waals surface area contributed by atoms with E-state index in [1.165, 1.54) is 0 Å². The van der Waals surface area contributed by atoms with Crippen LogP contribution >= 0.6 is 11.6 Å². The molecule has 94 valence electrons. The molecule has 0 bridgehead atoms. The highest BCUT2D eigenvalue weighted by Gasteiger charge is 2.02. The molecule has 0 amide bonds. The molecule has 0 fully saturated rings. The van der Waals surface area contributed by atoms with Crippen molar-refractivity contribution in [3.63, 3.8) is 0 Å². The Morgan fingerprint density at radius 3 is 2.84 bits per heavy atom. The minimum absolute atomic E-state index is 0.543. The SMILES string of the molecule is Clc1[nH]nc2ccc(C=NNc3ccccc3)cc12. The second-order valence-corrected chi connectivity index (χ2v) is 4.43. The van der Waals surface area contributed by atoms with E-state index < -0.39 is 0 Å². The van der Waals surface area contributed by atoms with Crippen LogP contribution in [0.3, 0.4) is 0 Å². The Bertz CT molecular complexity index is 719. The fourth-order valence-corrected chi connectivity index (χ4v) is 1.96. The molecule has 19 heavy (non-hydrogen) atoms. The maximum atomic E-state index is 6.00. The third-order valence-electron chi connectivity index (χ3n) is 2.71. The van der Waals surface area contributed by atoms with Crippen LogP contribution in [0.15, 0.2) is 53.6 Å². The number of benzene rings is 2. The van der Waals surface area contributed by atoms with Gasteiger partial charge in [-0.05, 0) is 29.8 Å². The van der Waals surface area contributed by atoms with Crippen LogP contribution in [-0.2, 0) is 0 Å². The molecule has 0 aliphatic heterocycles. The number of para-hydroxylation sites is 1. The van der Waals surface area contributed by atoms with E-state index in [-0.39, 0.29) is 0 Å². The van der Waals surface area contributed by atoms with Gasteiger partial charge >= 0.3 is 0 Å². The molecule has 3 aromatic rings. The van der Waals surface area contributed by atoms with E-state index in [1.807, 2.05) is 48.5 Å². The number of nitrogens with zero attached hydrogens (tertiary/aromatic N) is 2. The Morgan fingerprint density at radius 2 is 2.00 bits per heavy atom. The maximum absolute atomic E-state index is 6.00. The molecule has 0 radical (unpaired) electrons. The summed E-state index contributed by atoms with van der Waals surface area (Å²) < 4.78 is 0. The summed E-state index contributed by atoms with van der Waals surface area (Å²) in [4.78, 5) is 0. The lowest BCUT2D eigenvalue weighted by atomic mass is 10.2. The van der Waals surface area contributed by atoms with Gasteiger partial charge in [0.25, 0.3) is 0 Å². The number of H-pyrrole nitrogens is 1. The molecule has 0 saturated carbocycles. The van der Waals surface area contributed by atoms with Gasteiger partial charge in [-0.1, -0.05) is 35.9 Å². The normalized spacial score (nSPS) is 11.2. The van der Waals surface area contributed by atoms with Crippen LogP contribution in [0.4, 0.5) is 5.69 Å². The average molecular weight is 271 g/mol. The number of aromatic amines is 1. The molecule has 0 spiro atoms. The van der Waals surface area contributed by atoms with Gasteiger partial charge in [-0.3, -0.25) is 10.5 Å². The van der Waals surface area contributed by atoms with Crippen molar-refractivity contribution in [2.45, 2.75) is 0 Å². The van der Waals surface area contributed by atoms with Crippen molar-refractivity contribution in [3.8, 4) is 0 Å². The van der Waals surface area contributed by atoms with Crippen molar-refractivity contribution in [3.05, 3.63) is 59.2 Å². The molecule has 4 nitrogen and oxygen atoms in total. The molecule has 5 heteroatoms. The van der Waals surface area contributed by atoms with Gasteiger partial charge in [0.2, 0.25) is 0 Å². The molecule has 0 aliphatic carbocycles.